The first-order valence-corrected chi connectivity index (χ1v) is 3.55. The largest absolute Gasteiger partial charge is 0.288 e. The molecule has 0 aliphatic carbocycles. The second-order valence-electron chi connectivity index (χ2n) is 2.48. The van der Waals surface area contributed by atoms with Gasteiger partial charge in [-0.3, -0.25) is 20.1 Å². The third-order valence-electron chi connectivity index (χ3n) is 1.58. The third-order valence-corrected chi connectivity index (χ3v) is 1.58. The average molecular weight is 218 g/mol. The molecule has 0 saturated carbocycles. The first-order chi connectivity index (χ1) is 6.97. The molecule has 1 amide bonds. The van der Waals surface area contributed by atoms with Gasteiger partial charge in [0.15, 0.2) is 11.6 Å². The lowest BCUT2D eigenvalue weighted by atomic mass is 10.1. The molecule has 0 spiro atoms. The molecule has 0 saturated heterocycles. The van der Waals surface area contributed by atoms with E-state index in [1.165, 1.54) is 0 Å². The fraction of sp³-hybridized carbons (Fsp3) is 0. The van der Waals surface area contributed by atoms with Crippen molar-refractivity contribution in [1.82, 2.24) is 5.48 Å². The van der Waals surface area contributed by atoms with Crippen LogP contribution in [0.3, 0.4) is 0 Å². The maximum absolute atomic E-state index is 12.7. The number of hydroxylamine groups is 1. The predicted octanol–water partition coefficient (Wildman–Crippen LogP) is 0.992. The minimum atomic E-state index is -1.45. The summed E-state index contributed by atoms with van der Waals surface area (Å²) in [5, 5.41) is 18.6. The van der Waals surface area contributed by atoms with Crippen molar-refractivity contribution in [2.75, 3.05) is 0 Å². The number of amides is 1. The average Bonchev–Trinajstić information content (AvgIpc) is 2.20. The number of carbonyl (C=O) groups is 1. The molecule has 6 nitrogen and oxygen atoms in total. The van der Waals surface area contributed by atoms with Crippen LogP contribution >= 0.6 is 0 Å². The van der Waals surface area contributed by atoms with E-state index in [-0.39, 0.29) is 6.07 Å². The van der Waals surface area contributed by atoms with Gasteiger partial charge in [-0.1, -0.05) is 0 Å². The molecule has 2 N–H and O–H groups in total. The standard InChI is InChI=1S/C7H4F2N2O4/c8-4-1-3(7(12)10-13)6(11(14)15)2-5(4)9/h1-2,13H,(H,10,12). The zero-order chi connectivity index (χ0) is 11.6. The van der Waals surface area contributed by atoms with Crippen molar-refractivity contribution in [3.05, 3.63) is 39.4 Å². The van der Waals surface area contributed by atoms with E-state index in [2.05, 4.69) is 0 Å². The predicted molar refractivity (Wildman–Crippen MR) is 42.3 cm³/mol. The van der Waals surface area contributed by atoms with Crippen molar-refractivity contribution in [2.24, 2.45) is 0 Å². The quantitative estimate of drug-likeness (QED) is 0.439. The maximum Gasteiger partial charge on any atom is 0.285 e. The summed E-state index contributed by atoms with van der Waals surface area (Å²) in [5.74, 6) is -4.16. The van der Waals surface area contributed by atoms with Crippen LogP contribution in [0.25, 0.3) is 0 Å². The van der Waals surface area contributed by atoms with Gasteiger partial charge in [-0.25, -0.2) is 14.3 Å². The van der Waals surface area contributed by atoms with E-state index in [1.807, 2.05) is 0 Å². The topological polar surface area (TPSA) is 92.5 Å². The summed E-state index contributed by atoms with van der Waals surface area (Å²) in [7, 11) is 0. The summed E-state index contributed by atoms with van der Waals surface area (Å²) in [6.07, 6.45) is 0. The van der Waals surface area contributed by atoms with Gasteiger partial charge < -0.3 is 0 Å². The van der Waals surface area contributed by atoms with Crippen molar-refractivity contribution in [2.45, 2.75) is 0 Å². The molecule has 0 radical (unpaired) electrons. The molecule has 0 aromatic heterocycles. The molecule has 0 aliphatic rings. The van der Waals surface area contributed by atoms with Gasteiger partial charge >= 0.3 is 0 Å². The van der Waals surface area contributed by atoms with Crippen molar-refractivity contribution in [3.63, 3.8) is 0 Å². The first-order valence-electron chi connectivity index (χ1n) is 3.55. The van der Waals surface area contributed by atoms with Crippen LogP contribution in [-0.4, -0.2) is 16.0 Å². The number of nitro groups is 1. The summed E-state index contributed by atoms with van der Waals surface area (Å²) in [6.45, 7) is 0. The molecule has 0 unspecified atom stereocenters. The van der Waals surface area contributed by atoms with E-state index in [4.69, 9.17) is 5.21 Å². The van der Waals surface area contributed by atoms with Crippen LogP contribution in [0.1, 0.15) is 10.4 Å². The summed E-state index contributed by atoms with van der Waals surface area (Å²) in [6, 6.07) is 0.596. The monoisotopic (exact) mass is 218 g/mol. The van der Waals surface area contributed by atoms with E-state index in [1.54, 1.807) is 0 Å². The van der Waals surface area contributed by atoms with E-state index < -0.39 is 33.7 Å². The highest BCUT2D eigenvalue weighted by Crippen LogP contribution is 2.21. The number of nitrogens with zero attached hydrogens (tertiary/aromatic N) is 1. The second-order valence-corrected chi connectivity index (χ2v) is 2.48. The lowest BCUT2D eigenvalue weighted by Gasteiger charge is -2.01. The molecular formula is C7H4F2N2O4. The first kappa shape index (κ1) is 11.0. The molecule has 80 valence electrons. The Labute approximate surface area is 81.2 Å². The van der Waals surface area contributed by atoms with Crippen molar-refractivity contribution in [1.29, 1.82) is 0 Å². The Morgan fingerprint density at radius 1 is 1.40 bits per heavy atom. The van der Waals surface area contributed by atoms with Gasteiger partial charge in [0.05, 0.1) is 11.0 Å². The van der Waals surface area contributed by atoms with Crippen LogP contribution in [-0.2, 0) is 0 Å². The minimum absolute atomic E-state index is 0.264. The van der Waals surface area contributed by atoms with Crippen molar-refractivity contribution in [3.8, 4) is 0 Å². The fourth-order valence-electron chi connectivity index (χ4n) is 0.929. The highest BCUT2D eigenvalue weighted by atomic mass is 19.2. The van der Waals surface area contributed by atoms with E-state index >= 15 is 0 Å². The maximum atomic E-state index is 12.7. The minimum Gasteiger partial charge on any atom is -0.288 e. The van der Waals surface area contributed by atoms with Gasteiger partial charge in [-0.15, -0.1) is 0 Å². The van der Waals surface area contributed by atoms with Crippen LogP contribution in [0.4, 0.5) is 14.5 Å². The van der Waals surface area contributed by atoms with Crippen molar-refractivity contribution >= 4 is 11.6 Å². The van der Waals surface area contributed by atoms with Gasteiger partial charge in [0.2, 0.25) is 0 Å². The molecule has 15 heavy (non-hydrogen) atoms. The number of halogens is 2. The third kappa shape index (κ3) is 2.05. The van der Waals surface area contributed by atoms with Crippen LogP contribution in [0, 0.1) is 21.7 Å². The summed E-state index contributed by atoms with van der Waals surface area (Å²) >= 11 is 0. The molecule has 0 bridgehead atoms. The lowest BCUT2D eigenvalue weighted by molar-refractivity contribution is -0.385. The molecular weight excluding hydrogens is 214 g/mol. The van der Waals surface area contributed by atoms with E-state index in [9.17, 15) is 23.7 Å². The number of benzene rings is 1. The normalized spacial score (nSPS) is 9.80. The number of nitrogens with one attached hydrogen (secondary N) is 1. The Balaban J connectivity index is 3.41. The molecule has 1 aromatic carbocycles. The van der Waals surface area contributed by atoms with E-state index in [0.717, 1.165) is 5.48 Å². The number of hydrogen-bond donors (Lipinski definition) is 2. The number of hydrogen-bond acceptors (Lipinski definition) is 4. The zero-order valence-electron chi connectivity index (χ0n) is 7.03. The highest BCUT2D eigenvalue weighted by molar-refractivity contribution is 5.97. The molecule has 0 aliphatic heterocycles. The lowest BCUT2D eigenvalue weighted by Crippen LogP contribution is -2.20. The molecule has 0 fully saturated rings. The Hall–Kier alpha value is -2.09. The Morgan fingerprint density at radius 3 is 2.40 bits per heavy atom. The fourth-order valence-corrected chi connectivity index (χ4v) is 0.929. The summed E-state index contributed by atoms with van der Waals surface area (Å²) in [4.78, 5) is 20.1. The SMILES string of the molecule is O=C(NO)c1cc(F)c(F)cc1[N+](=O)[O-]. The van der Waals surface area contributed by atoms with E-state index in [0.29, 0.717) is 6.07 Å². The molecule has 1 aromatic rings. The Bertz CT molecular complexity index is 435. The molecule has 1 rings (SSSR count). The number of carbonyl (C=O) groups excluding carboxylic acids is 1. The van der Waals surface area contributed by atoms with Gasteiger partial charge in [0, 0.05) is 0 Å². The smallest absolute Gasteiger partial charge is 0.285 e. The second kappa shape index (κ2) is 3.96. The molecule has 8 heteroatoms. The number of nitro benzene ring substituents is 1. The van der Waals surface area contributed by atoms with Gasteiger partial charge in [0.1, 0.15) is 5.56 Å². The molecule has 0 heterocycles. The van der Waals surface area contributed by atoms with Crippen LogP contribution in [0.5, 0.6) is 0 Å². The van der Waals surface area contributed by atoms with Gasteiger partial charge in [0.25, 0.3) is 11.6 Å². The molecule has 0 atom stereocenters. The summed E-state index contributed by atoms with van der Waals surface area (Å²) < 4.78 is 25.3. The van der Waals surface area contributed by atoms with Crippen LogP contribution < -0.4 is 5.48 Å². The Kier molecular flexibility index (Phi) is 2.90. The highest BCUT2D eigenvalue weighted by Gasteiger charge is 2.23. The van der Waals surface area contributed by atoms with Crippen LogP contribution in [0.15, 0.2) is 12.1 Å². The van der Waals surface area contributed by atoms with Crippen molar-refractivity contribution < 1.29 is 23.7 Å². The zero-order valence-corrected chi connectivity index (χ0v) is 7.03. The Morgan fingerprint density at radius 2 is 1.93 bits per heavy atom. The summed E-state index contributed by atoms with van der Waals surface area (Å²) in [5.41, 5.74) is -0.602. The van der Waals surface area contributed by atoms with Gasteiger partial charge in [-0.2, -0.15) is 0 Å². The number of rotatable bonds is 2. The van der Waals surface area contributed by atoms with Gasteiger partial charge in [-0.05, 0) is 6.07 Å². The van der Waals surface area contributed by atoms with Crippen LogP contribution in [0.2, 0.25) is 0 Å².